The number of thiocarbonyl (C=S) groups is 2. The van der Waals surface area contributed by atoms with Gasteiger partial charge >= 0.3 is 17.9 Å². The van der Waals surface area contributed by atoms with Crippen molar-refractivity contribution in [3.8, 4) is 0 Å². The number of ether oxygens (including phenoxy) is 2. The number of benzene rings is 1. The fourth-order valence-corrected chi connectivity index (χ4v) is 12.4. The quantitative estimate of drug-likeness (QED) is 0.0293. The Bertz CT molecular complexity index is 1470. The minimum absolute atomic E-state index is 0.109. The molecule has 0 saturated heterocycles. The molecule has 0 spiro atoms. The summed E-state index contributed by atoms with van der Waals surface area (Å²) in [4.78, 5) is 39.0. The Kier molecular flexibility index (Phi) is 51.6. The average Bonchev–Trinajstić information content (AvgIpc) is 3.83. The molecule has 0 bridgehead atoms. The van der Waals surface area contributed by atoms with Gasteiger partial charge in [-0.05, 0) is 91.6 Å². The number of hydrogen-bond acceptors (Lipinski definition) is 10. The highest BCUT2D eigenvalue weighted by Gasteiger charge is 2.24. The summed E-state index contributed by atoms with van der Waals surface area (Å²) in [6, 6.07) is 8.38. The molecule has 1 aromatic carbocycles. The standard InChI is InChI=1S/C42H78O4S2.C22H35NO2S2/c1-3-5-7-9-11-13-15-17-19-21-25-29-37-45-41(43)35-33-39(47)31-27-23-24-28-32-40(48)34-36-42(44)46-38-30-26-22-20-18-16-14-12-10-8-6-4-2;1-2-3-4-5-6-7-8-9-10-11-14-19(22(24)25)17-27-23-18-26-21-16-13-12-15-20(21)23/h3-38H2,1-2H3;12-13,15-16,19H,2-11,14,17-18H2,1H3,(H,24,25). The lowest BCUT2D eigenvalue weighted by Crippen LogP contribution is -2.20. The molecule has 1 atom stereocenters. The molecule has 0 aliphatic carbocycles. The van der Waals surface area contributed by atoms with E-state index in [9.17, 15) is 19.5 Å². The first kappa shape index (κ1) is 71.3. The van der Waals surface area contributed by atoms with Gasteiger partial charge in [-0.1, -0.05) is 276 Å². The SMILES string of the molecule is CCCCCCCCCCCCC(CSN1CSc2ccccc21)C(=O)O.CCCCCCCCCCCCCCOC(=O)CCC(=S)CCCCCCC(=S)CCC(=O)OCCCCCCCCCCCCCC. The first-order chi connectivity index (χ1) is 36.7. The molecule has 1 N–H and O–H groups in total. The molecule has 434 valence electrons. The second-order valence-corrected chi connectivity index (χ2v) is 24.8. The molecule has 1 unspecified atom stereocenters. The third kappa shape index (κ3) is 45.8. The van der Waals surface area contributed by atoms with E-state index in [1.165, 1.54) is 197 Å². The number of nitrogens with zero attached hydrogens (tertiary/aromatic N) is 1. The molecule has 2 rings (SSSR count). The van der Waals surface area contributed by atoms with Crippen LogP contribution in [0.25, 0.3) is 0 Å². The minimum atomic E-state index is -0.640. The molecule has 0 radical (unpaired) electrons. The van der Waals surface area contributed by atoms with Crippen molar-refractivity contribution in [1.29, 1.82) is 0 Å². The molecule has 1 aromatic rings. The number of rotatable bonds is 54. The van der Waals surface area contributed by atoms with Crippen LogP contribution in [-0.2, 0) is 23.9 Å². The van der Waals surface area contributed by atoms with E-state index in [-0.39, 0.29) is 17.9 Å². The van der Waals surface area contributed by atoms with Crippen LogP contribution < -0.4 is 4.31 Å². The van der Waals surface area contributed by atoms with Crippen LogP contribution >= 0.6 is 48.1 Å². The number of para-hydroxylation sites is 1. The minimum Gasteiger partial charge on any atom is -0.481 e. The second kappa shape index (κ2) is 54.3. The molecule has 1 aliphatic rings. The summed E-state index contributed by atoms with van der Waals surface area (Å²) >= 11 is 14.5. The molecule has 0 saturated carbocycles. The highest BCUT2D eigenvalue weighted by atomic mass is 32.2. The van der Waals surface area contributed by atoms with Crippen molar-refractivity contribution in [3.05, 3.63) is 24.3 Å². The molecule has 7 nitrogen and oxygen atoms in total. The number of carbonyl (C=O) groups is 3. The Balaban J connectivity index is 0.000000872. The number of carboxylic acids is 1. The van der Waals surface area contributed by atoms with Gasteiger partial charge in [0, 0.05) is 10.6 Å². The van der Waals surface area contributed by atoms with Crippen molar-refractivity contribution < 1.29 is 29.0 Å². The third-order valence-electron chi connectivity index (χ3n) is 14.6. The highest BCUT2D eigenvalue weighted by Crippen LogP contribution is 2.42. The lowest BCUT2D eigenvalue weighted by atomic mass is 10.0. The van der Waals surface area contributed by atoms with Crippen LogP contribution in [0.3, 0.4) is 0 Å². The highest BCUT2D eigenvalue weighted by molar-refractivity contribution is 8.04. The van der Waals surface area contributed by atoms with Crippen LogP contribution in [0.4, 0.5) is 5.69 Å². The van der Waals surface area contributed by atoms with E-state index in [4.69, 9.17) is 33.9 Å². The van der Waals surface area contributed by atoms with Crippen molar-refractivity contribution in [2.24, 2.45) is 5.92 Å². The smallest absolute Gasteiger partial charge is 0.307 e. The molecule has 1 aliphatic heterocycles. The van der Waals surface area contributed by atoms with Crippen LogP contribution in [0, 0.1) is 5.92 Å². The Labute approximate surface area is 481 Å². The van der Waals surface area contributed by atoms with E-state index in [2.05, 4.69) is 49.3 Å². The van der Waals surface area contributed by atoms with Crippen LogP contribution in [0.15, 0.2) is 29.2 Å². The van der Waals surface area contributed by atoms with Crippen LogP contribution in [-0.4, -0.2) is 57.6 Å². The van der Waals surface area contributed by atoms with Gasteiger partial charge in [0.25, 0.3) is 0 Å². The zero-order chi connectivity index (χ0) is 54.5. The van der Waals surface area contributed by atoms with Crippen molar-refractivity contribution in [3.63, 3.8) is 0 Å². The average molecular weight is 1120 g/mol. The predicted molar refractivity (Wildman–Crippen MR) is 335 cm³/mol. The molecule has 11 heteroatoms. The lowest BCUT2D eigenvalue weighted by molar-refractivity contribution is -0.144. The van der Waals surface area contributed by atoms with Gasteiger partial charge in [0.15, 0.2) is 0 Å². The van der Waals surface area contributed by atoms with Crippen molar-refractivity contribution in [1.82, 2.24) is 0 Å². The summed E-state index contributed by atoms with van der Waals surface area (Å²) in [5.74, 6) is 0.487. The number of aliphatic carboxylic acids is 1. The number of esters is 2. The van der Waals surface area contributed by atoms with Gasteiger partial charge in [0.2, 0.25) is 0 Å². The van der Waals surface area contributed by atoms with Gasteiger partial charge in [-0.2, -0.15) is 0 Å². The van der Waals surface area contributed by atoms with Gasteiger partial charge in [0.1, 0.15) is 0 Å². The van der Waals surface area contributed by atoms with Crippen molar-refractivity contribution in [2.75, 3.05) is 29.1 Å². The zero-order valence-electron chi connectivity index (χ0n) is 48.6. The largest absolute Gasteiger partial charge is 0.481 e. The molecule has 0 aromatic heterocycles. The lowest BCUT2D eigenvalue weighted by Gasteiger charge is -2.19. The van der Waals surface area contributed by atoms with Crippen LogP contribution in [0.1, 0.15) is 310 Å². The maximum Gasteiger partial charge on any atom is 0.307 e. The number of carbonyl (C=O) groups excluding carboxylic acids is 2. The first-order valence-electron chi connectivity index (χ1n) is 31.4. The maximum atomic E-state index is 12.1. The van der Waals surface area contributed by atoms with E-state index in [0.717, 1.165) is 92.7 Å². The number of fused-ring (bicyclic) bond motifs is 1. The number of unbranched alkanes of at least 4 members (excludes halogenated alkanes) is 34. The summed E-state index contributed by atoms with van der Waals surface area (Å²) in [7, 11) is 0. The number of anilines is 1. The summed E-state index contributed by atoms with van der Waals surface area (Å²) in [6.45, 7) is 7.89. The Morgan fingerprint density at radius 1 is 0.493 bits per heavy atom. The van der Waals surface area contributed by atoms with Gasteiger partial charge in [-0.25, -0.2) is 0 Å². The summed E-state index contributed by atoms with van der Waals surface area (Å²) in [5, 5.41) is 9.55. The van der Waals surface area contributed by atoms with Gasteiger partial charge < -0.3 is 18.9 Å². The van der Waals surface area contributed by atoms with Crippen molar-refractivity contribution >= 4 is 81.5 Å². The third-order valence-corrected chi connectivity index (χ3v) is 17.8. The normalized spacial score (nSPS) is 12.3. The van der Waals surface area contributed by atoms with Gasteiger partial charge in [-0.3, -0.25) is 14.4 Å². The zero-order valence-corrected chi connectivity index (χ0v) is 51.9. The first-order valence-corrected chi connectivity index (χ1v) is 34.2. The van der Waals surface area contributed by atoms with Crippen LogP contribution in [0.5, 0.6) is 0 Å². The molecule has 0 fully saturated rings. The van der Waals surface area contributed by atoms with E-state index in [1.54, 1.807) is 11.9 Å². The number of thioether (sulfide) groups is 1. The van der Waals surface area contributed by atoms with E-state index < -0.39 is 5.97 Å². The molecular weight excluding hydrogens is 1010 g/mol. The summed E-state index contributed by atoms with van der Waals surface area (Å²) in [6.07, 6.45) is 53.4. The molecule has 0 amide bonds. The fourth-order valence-electron chi connectivity index (χ4n) is 9.56. The Morgan fingerprint density at radius 2 is 0.840 bits per heavy atom. The van der Waals surface area contributed by atoms with E-state index >= 15 is 0 Å². The molecule has 75 heavy (non-hydrogen) atoms. The maximum absolute atomic E-state index is 12.1. The van der Waals surface area contributed by atoms with Crippen LogP contribution in [0.2, 0.25) is 0 Å². The summed E-state index contributed by atoms with van der Waals surface area (Å²) in [5.41, 5.74) is 1.23. The van der Waals surface area contributed by atoms with E-state index in [0.29, 0.717) is 44.6 Å². The van der Waals surface area contributed by atoms with E-state index in [1.807, 2.05) is 11.8 Å². The predicted octanol–water partition coefficient (Wildman–Crippen LogP) is 21.3. The number of carboxylic acid groups (broad SMARTS) is 1. The molecular formula is C64H113NO6S4. The van der Waals surface area contributed by atoms with Gasteiger partial charge in [-0.15, -0.1) is 11.8 Å². The van der Waals surface area contributed by atoms with Crippen molar-refractivity contribution in [2.45, 2.75) is 315 Å². The Hall–Kier alpha value is -1.69. The monoisotopic (exact) mass is 1120 g/mol. The molecule has 1 heterocycles. The second-order valence-electron chi connectivity index (χ2n) is 21.6. The summed E-state index contributed by atoms with van der Waals surface area (Å²) < 4.78 is 13.1. The topological polar surface area (TPSA) is 93.1 Å². The van der Waals surface area contributed by atoms with Gasteiger partial charge in [0.05, 0.1) is 43.5 Å². The number of hydrogen-bond donors (Lipinski definition) is 1. The Morgan fingerprint density at radius 3 is 1.23 bits per heavy atom. The fraction of sp³-hybridized carbons (Fsp3) is 0.828.